The first-order chi connectivity index (χ1) is 18.8. The molecule has 1 heterocycles. The summed E-state index contributed by atoms with van der Waals surface area (Å²) in [6.45, 7) is 5.22. The van der Waals surface area contributed by atoms with Crippen molar-refractivity contribution in [3.63, 3.8) is 0 Å². The topological polar surface area (TPSA) is 105 Å². The molecule has 1 aromatic heterocycles. The van der Waals surface area contributed by atoms with Crippen LogP contribution in [0.4, 0.5) is 23.2 Å². The molecule has 0 spiro atoms. The van der Waals surface area contributed by atoms with Crippen LogP contribution in [0.1, 0.15) is 80.0 Å². The zero-order valence-electron chi connectivity index (χ0n) is 22.8. The van der Waals surface area contributed by atoms with Crippen molar-refractivity contribution >= 4 is 23.4 Å². The van der Waals surface area contributed by atoms with Gasteiger partial charge in [-0.3, -0.25) is 19.1 Å². The van der Waals surface area contributed by atoms with Gasteiger partial charge in [0.1, 0.15) is 24.1 Å². The van der Waals surface area contributed by atoms with Crippen LogP contribution in [0, 0.1) is 18.7 Å². The summed E-state index contributed by atoms with van der Waals surface area (Å²) in [4.78, 5) is 39.1. The molecule has 2 atom stereocenters. The number of carbonyl (C=O) groups is 3. The van der Waals surface area contributed by atoms with Crippen molar-refractivity contribution in [2.75, 3.05) is 11.9 Å². The molecule has 12 heteroatoms. The maximum atomic E-state index is 15.2. The van der Waals surface area contributed by atoms with Gasteiger partial charge in [0, 0.05) is 12.2 Å². The minimum Gasteiger partial charge on any atom is -0.346 e. The maximum Gasteiger partial charge on any atom is 0.405 e. The number of alkyl halides is 3. The van der Waals surface area contributed by atoms with Gasteiger partial charge in [0.2, 0.25) is 5.91 Å². The number of nitrogens with one attached hydrogen (secondary N) is 3. The lowest BCUT2D eigenvalue weighted by molar-refractivity contribution is -0.139. The highest BCUT2D eigenvalue weighted by Gasteiger charge is 2.40. The van der Waals surface area contributed by atoms with Crippen molar-refractivity contribution in [2.24, 2.45) is 5.92 Å². The Labute approximate surface area is 229 Å². The Balaban J connectivity index is 1.56. The fraction of sp³-hybridized carbons (Fsp3) is 0.500. The highest BCUT2D eigenvalue weighted by Crippen LogP contribution is 2.46. The van der Waals surface area contributed by atoms with Crippen LogP contribution in [0.2, 0.25) is 0 Å². The van der Waals surface area contributed by atoms with Gasteiger partial charge in [0.05, 0.1) is 11.6 Å². The summed E-state index contributed by atoms with van der Waals surface area (Å²) < 4.78 is 54.2. The number of rotatable bonds is 10. The molecule has 2 fully saturated rings. The quantitative estimate of drug-likeness (QED) is 0.282. The lowest BCUT2D eigenvalue weighted by Crippen LogP contribution is -2.46. The Morgan fingerprint density at radius 3 is 2.35 bits per heavy atom. The van der Waals surface area contributed by atoms with Gasteiger partial charge in [-0.1, -0.05) is 5.57 Å². The van der Waals surface area contributed by atoms with E-state index in [1.807, 2.05) is 19.2 Å². The van der Waals surface area contributed by atoms with E-state index in [0.717, 1.165) is 42.9 Å². The van der Waals surface area contributed by atoms with E-state index in [2.05, 4.69) is 15.7 Å². The monoisotopic (exact) mass is 563 g/mol. The first-order valence-corrected chi connectivity index (χ1v) is 13.3. The van der Waals surface area contributed by atoms with Gasteiger partial charge in [0.15, 0.2) is 0 Å². The van der Waals surface area contributed by atoms with Crippen molar-refractivity contribution < 1.29 is 31.9 Å². The smallest absolute Gasteiger partial charge is 0.346 e. The summed E-state index contributed by atoms with van der Waals surface area (Å²) in [5.41, 5.74) is 2.73. The Kier molecular flexibility index (Phi) is 8.36. The van der Waals surface area contributed by atoms with Crippen molar-refractivity contribution in [1.82, 2.24) is 20.4 Å². The predicted molar refractivity (Wildman–Crippen MR) is 140 cm³/mol. The van der Waals surface area contributed by atoms with Gasteiger partial charge in [-0.25, -0.2) is 4.39 Å². The Morgan fingerprint density at radius 2 is 1.77 bits per heavy atom. The molecule has 2 aromatic rings. The van der Waals surface area contributed by atoms with E-state index in [0.29, 0.717) is 11.3 Å². The number of benzene rings is 1. The molecule has 4 rings (SSSR count). The summed E-state index contributed by atoms with van der Waals surface area (Å²) in [5, 5.41) is 11.4. The summed E-state index contributed by atoms with van der Waals surface area (Å²) in [7, 11) is 0. The van der Waals surface area contributed by atoms with Gasteiger partial charge in [-0.05, 0) is 94.2 Å². The predicted octanol–water partition coefficient (Wildman–Crippen LogP) is 4.93. The van der Waals surface area contributed by atoms with Crippen LogP contribution in [-0.4, -0.2) is 46.3 Å². The van der Waals surface area contributed by atoms with Crippen LogP contribution in [0.25, 0.3) is 0 Å². The number of carbonyl (C=O) groups excluding carboxylic acids is 3. The van der Waals surface area contributed by atoms with E-state index >= 15 is 4.39 Å². The standard InChI is InChI=1S/C28H33F4N5O3/c1-14(2)37-22(9-10-34-37)26(39)36-24(23(17-5-6-17)18-7-8-18)27(40)35-21-11-15(3)19(12-20(21)29)16(4)25(38)33-13-28(30,31)32/h9-12,14,16-17,24H,5-8,13H2,1-4H3,(H,33,38)(H,35,40)(H,36,39)/t16-,24-/m0/s1. The van der Waals surface area contributed by atoms with Crippen molar-refractivity contribution in [3.8, 4) is 0 Å². The lowest BCUT2D eigenvalue weighted by Gasteiger charge is -2.23. The fourth-order valence-electron chi connectivity index (χ4n) is 4.81. The number of nitrogens with zero attached hydrogens (tertiary/aromatic N) is 2. The minimum absolute atomic E-state index is 0.0822. The molecular formula is C28H33F4N5O3. The molecular weight excluding hydrogens is 530 g/mol. The normalized spacial score (nSPS) is 16.4. The fourth-order valence-corrected chi connectivity index (χ4v) is 4.81. The van der Waals surface area contributed by atoms with E-state index in [-0.39, 0.29) is 23.2 Å². The average molecular weight is 564 g/mol. The molecule has 0 aliphatic heterocycles. The van der Waals surface area contributed by atoms with Gasteiger partial charge < -0.3 is 16.0 Å². The molecule has 0 unspecified atom stereocenters. The zero-order valence-corrected chi connectivity index (χ0v) is 22.8. The molecule has 1 aromatic carbocycles. The summed E-state index contributed by atoms with van der Waals surface area (Å²) in [6.07, 6.45) is 0.421. The van der Waals surface area contributed by atoms with Crippen LogP contribution in [0.5, 0.6) is 0 Å². The van der Waals surface area contributed by atoms with Gasteiger partial charge >= 0.3 is 6.18 Å². The highest BCUT2D eigenvalue weighted by atomic mass is 19.4. The number of anilines is 1. The van der Waals surface area contributed by atoms with E-state index in [4.69, 9.17) is 0 Å². The second-order valence-electron chi connectivity index (χ2n) is 10.7. The molecule has 3 amide bonds. The van der Waals surface area contributed by atoms with E-state index < -0.39 is 48.2 Å². The molecule has 0 bridgehead atoms. The third-order valence-electron chi connectivity index (χ3n) is 7.10. The first kappa shape index (κ1) is 29.3. The van der Waals surface area contributed by atoms with Gasteiger partial charge in [0.25, 0.3) is 11.8 Å². The number of aryl methyl sites for hydroxylation is 1. The third kappa shape index (κ3) is 6.89. The SMILES string of the molecule is Cc1cc(NC(=O)[C@@H](NC(=O)c2ccnn2C(C)C)C(=C2CC2)C2CC2)c(F)cc1[C@H](C)C(=O)NCC(F)(F)F. The largest absolute Gasteiger partial charge is 0.405 e. The van der Waals surface area contributed by atoms with Crippen LogP contribution in [0.15, 0.2) is 35.5 Å². The number of aromatic nitrogens is 2. The Bertz CT molecular complexity index is 1340. The highest BCUT2D eigenvalue weighted by molar-refractivity contribution is 6.02. The van der Waals surface area contributed by atoms with Gasteiger partial charge in [-0.15, -0.1) is 0 Å². The minimum atomic E-state index is -4.57. The molecule has 3 N–H and O–H groups in total. The Hall–Kier alpha value is -3.70. The average Bonchev–Trinajstić information content (AvgIpc) is 3.82. The molecule has 8 nitrogen and oxygen atoms in total. The van der Waals surface area contributed by atoms with E-state index in [1.165, 1.54) is 19.2 Å². The third-order valence-corrected chi connectivity index (χ3v) is 7.10. The van der Waals surface area contributed by atoms with E-state index in [9.17, 15) is 27.6 Å². The van der Waals surface area contributed by atoms with Gasteiger partial charge in [-0.2, -0.15) is 18.3 Å². The van der Waals surface area contributed by atoms with Crippen LogP contribution in [-0.2, 0) is 9.59 Å². The summed E-state index contributed by atoms with van der Waals surface area (Å²) >= 11 is 0. The number of amides is 3. The summed E-state index contributed by atoms with van der Waals surface area (Å²) in [6, 6.07) is 2.85. The molecule has 216 valence electrons. The molecule has 0 saturated heterocycles. The van der Waals surface area contributed by atoms with Crippen molar-refractivity contribution in [2.45, 2.75) is 77.6 Å². The summed E-state index contributed by atoms with van der Waals surface area (Å²) in [5.74, 6) is -3.71. The number of hydrogen-bond acceptors (Lipinski definition) is 4. The molecule has 2 aliphatic rings. The van der Waals surface area contributed by atoms with Crippen LogP contribution >= 0.6 is 0 Å². The van der Waals surface area contributed by atoms with Crippen molar-refractivity contribution in [3.05, 3.63) is 58.2 Å². The maximum absolute atomic E-state index is 15.2. The van der Waals surface area contributed by atoms with Crippen molar-refractivity contribution in [1.29, 1.82) is 0 Å². The zero-order chi connectivity index (χ0) is 29.4. The second-order valence-corrected chi connectivity index (χ2v) is 10.7. The van der Waals surface area contributed by atoms with Crippen LogP contribution in [0.3, 0.4) is 0 Å². The second kappa shape index (κ2) is 11.4. The lowest BCUT2D eigenvalue weighted by atomic mass is 9.94. The number of halogens is 4. The number of allylic oxidation sites excluding steroid dienone is 1. The molecule has 40 heavy (non-hydrogen) atoms. The molecule has 2 saturated carbocycles. The molecule has 2 aliphatic carbocycles. The number of hydrogen-bond donors (Lipinski definition) is 3. The van der Waals surface area contributed by atoms with Crippen LogP contribution < -0.4 is 16.0 Å². The Morgan fingerprint density at radius 1 is 1.10 bits per heavy atom. The molecule has 0 radical (unpaired) electrons. The first-order valence-electron chi connectivity index (χ1n) is 13.3. The van der Waals surface area contributed by atoms with E-state index in [1.54, 1.807) is 17.7 Å².